The van der Waals surface area contributed by atoms with Crippen LogP contribution in [0, 0.1) is 6.92 Å². The van der Waals surface area contributed by atoms with Gasteiger partial charge >= 0.3 is 0 Å². The third kappa shape index (κ3) is 4.34. The highest BCUT2D eigenvalue weighted by molar-refractivity contribution is 4.82. The number of nitrogens with one attached hydrogen (secondary N) is 1. The Morgan fingerprint density at radius 3 is 2.79 bits per heavy atom. The molecule has 1 aromatic rings. The van der Waals surface area contributed by atoms with Crippen LogP contribution in [0.15, 0.2) is 4.52 Å². The summed E-state index contributed by atoms with van der Waals surface area (Å²) in [5, 5.41) is 7.05. The van der Waals surface area contributed by atoms with Crippen LogP contribution in [-0.2, 0) is 6.54 Å². The summed E-state index contributed by atoms with van der Waals surface area (Å²) >= 11 is 0. The Morgan fingerprint density at radius 1 is 1.43 bits per heavy atom. The fourth-order valence-corrected chi connectivity index (χ4v) is 1.13. The van der Waals surface area contributed by atoms with Crippen molar-refractivity contribution in [1.82, 2.24) is 20.4 Å². The molecule has 0 atom stereocenters. The summed E-state index contributed by atoms with van der Waals surface area (Å²) in [6.45, 7) is 4.55. The molecule has 0 unspecified atom stereocenters. The van der Waals surface area contributed by atoms with Gasteiger partial charge in [-0.15, -0.1) is 0 Å². The summed E-state index contributed by atoms with van der Waals surface area (Å²) < 4.78 is 4.85. The fourth-order valence-electron chi connectivity index (χ4n) is 1.13. The predicted molar refractivity (Wildman–Crippen MR) is 53.9 cm³/mol. The monoisotopic (exact) mass is 198 g/mol. The molecule has 0 bridgehead atoms. The molecule has 0 saturated heterocycles. The summed E-state index contributed by atoms with van der Waals surface area (Å²) in [7, 11) is 4.14. The lowest BCUT2D eigenvalue weighted by molar-refractivity contribution is 0.381. The number of hydrogen-bond acceptors (Lipinski definition) is 5. The molecule has 0 amide bonds. The molecule has 5 heteroatoms. The highest BCUT2D eigenvalue weighted by Crippen LogP contribution is 1.93. The van der Waals surface area contributed by atoms with Gasteiger partial charge in [0.2, 0.25) is 5.89 Å². The lowest BCUT2D eigenvalue weighted by atomic mass is 10.4. The molecule has 0 radical (unpaired) electrons. The number of rotatable bonds is 6. The van der Waals surface area contributed by atoms with Crippen molar-refractivity contribution in [3.8, 4) is 0 Å². The summed E-state index contributed by atoms with van der Waals surface area (Å²) in [5.41, 5.74) is 0. The van der Waals surface area contributed by atoms with Gasteiger partial charge in [0.05, 0.1) is 6.54 Å². The largest absolute Gasteiger partial charge is 0.340 e. The Morgan fingerprint density at radius 2 is 2.21 bits per heavy atom. The standard InChI is InChI=1S/C9H18N4O/c1-8-11-9(12-14-8)7-10-5-4-6-13(2)3/h10H,4-7H2,1-3H3. The zero-order valence-corrected chi connectivity index (χ0v) is 9.08. The third-order valence-electron chi connectivity index (χ3n) is 1.81. The third-order valence-corrected chi connectivity index (χ3v) is 1.81. The van der Waals surface area contributed by atoms with Gasteiger partial charge in [-0.1, -0.05) is 5.16 Å². The molecule has 0 aliphatic rings. The molecule has 80 valence electrons. The van der Waals surface area contributed by atoms with Crippen LogP contribution < -0.4 is 5.32 Å². The molecule has 5 nitrogen and oxygen atoms in total. The second-order valence-electron chi connectivity index (χ2n) is 3.56. The van der Waals surface area contributed by atoms with E-state index in [4.69, 9.17) is 4.52 Å². The molecule has 1 rings (SSSR count). The number of hydrogen-bond donors (Lipinski definition) is 1. The lowest BCUT2D eigenvalue weighted by Crippen LogP contribution is -2.21. The van der Waals surface area contributed by atoms with E-state index in [0.29, 0.717) is 12.4 Å². The van der Waals surface area contributed by atoms with E-state index in [9.17, 15) is 0 Å². The van der Waals surface area contributed by atoms with Crippen LogP contribution in [0.1, 0.15) is 18.1 Å². The Bertz CT molecular complexity index is 259. The molecule has 0 fully saturated rings. The van der Waals surface area contributed by atoms with Gasteiger partial charge in [0, 0.05) is 6.92 Å². The first-order valence-electron chi connectivity index (χ1n) is 4.83. The average molecular weight is 198 g/mol. The zero-order chi connectivity index (χ0) is 10.4. The van der Waals surface area contributed by atoms with Gasteiger partial charge in [-0.3, -0.25) is 0 Å². The number of aryl methyl sites for hydroxylation is 1. The van der Waals surface area contributed by atoms with Crippen molar-refractivity contribution in [3.05, 3.63) is 11.7 Å². The van der Waals surface area contributed by atoms with Crippen molar-refractivity contribution in [2.24, 2.45) is 0 Å². The van der Waals surface area contributed by atoms with Gasteiger partial charge in [-0.05, 0) is 33.6 Å². The number of aromatic nitrogens is 2. The highest BCUT2D eigenvalue weighted by Gasteiger charge is 2.00. The molecule has 0 aromatic carbocycles. The molecular weight excluding hydrogens is 180 g/mol. The molecule has 0 aliphatic heterocycles. The second kappa shape index (κ2) is 5.72. The molecule has 0 saturated carbocycles. The van der Waals surface area contributed by atoms with Crippen LogP contribution in [0.25, 0.3) is 0 Å². The van der Waals surface area contributed by atoms with Crippen LogP contribution in [0.3, 0.4) is 0 Å². The van der Waals surface area contributed by atoms with E-state index >= 15 is 0 Å². The minimum Gasteiger partial charge on any atom is -0.340 e. The second-order valence-corrected chi connectivity index (χ2v) is 3.56. The molecule has 0 spiro atoms. The van der Waals surface area contributed by atoms with Gasteiger partial charge in [-0.25, -0.2) is 0 Å². The van der Waals surface area contributed by atoms with Crippen LogP contribution in [0.2, 0.25) is 0 Å². The van der Waals surface area contributed by atoms with Crippen molar-refractivity contribution >= 4 is 0 Å². The minimum absolute atomic E-state index is 0.620. The topological polar surface area (TPSA) is 54.2 Å². The first kappa shape index (κ1) is 11.1. The number of nitrogens with zero attached hydrogens (tertiary/aromatic N) is 3. The van der Waals surface area contributed by atoms with E-state index in [-0.39, 0.29) is 0 Å². The summed E-state index contributed by atoms with van der Waals surface area (Å²) in [6, 6.07) is 0. The quantitative estimate of drug-likeness (QED) is 0.671. The summed E-state index contributed by atoms with van der Waals surface area (Å²) in [6.07, 6.45) is 1.13. The van der Waals surface area contributed by atoms with Crippen LogP contribution in [0.5, 0.6) is 0 Å². The van der Waals surface area contributed by atoms with Gasteiger partial charge in [0.25, 0.3) is 0 Å². The van der Waals surface area contributed by atoms with Crippen molar-refractivity contribution in [2.45, 2.75) is 19.9 Å². The van der Waals surface area contributed by atoms with E-state index in [1.165, 1.54) is 0 Å². The van der Waals surface area contributed by atoms with Gasteiger partial charge in [0.15, 0.2) is 5.82 Å². The van der Waals surface area contributed by atoms with E-state index in [1.54, 1.807) is 6.92 Å². The molecule has 1 N–H and O–H groups in total. The van der Waals surface area contributed by atoms with Crippen LogP contribution in [-0.4, -0.2) is 42.2 Å². The Balaban J connectivity index is 2.04. The molecule has 1 aromatic heterocycles. The maximum Gasteiger partial charge on any atom is 0.223 e. The molecule has 1 heterocycles. The Kier molecular flexibility index (Phi) is 4.55. The molecular formula is C9H18N4O. The van der Waals surface area contributed by atoms with Crippen molar-refractivity contribution in [2.75, 3.05) is 27.2 Å². The van der Waals surface area contributed by atoms with Gasteiger partial charge in [-0.2, -0.15) is 4.98 Å². The first-order chi connectivity index (χ1) is 6.68. The van der Waals surface area contributed by atoms with Crippen LogP contribution in [0.4, 0.5) is 0 Å². The van der Waals surface area contributed by atoms with Crippen molar-refractivity contribution in [3.63, 3.8) is 0 Å². The van der Waals surface area contributed by atoms with E-state index in [2.05, 4.69) is 34.5 Å². The zero-order valence-electron chi connectivity index (χ0n) is 9.08. The fraction of sp³-hybridized carbons (Fsp3) is 0.778. The van der Waals surface area contributed by atoms with Crippen molar-refractivity contribution < 1.29 is 4.52 Å². The molecule has 14 heavy (non-hydrogen) atoms. The predicted octanol–water partition coefficient (Wildman–Crippen LogP) is 0.419. The maximum absolute atomic E-state index is 4.85. The maximum atomic E-state index is 4.85. The van der Waals surface area contributed by atoms with Gasteiger partial charge < -0.3 is 14.7 Å². The van der Waals surface area contributed by atoms with Crippen LogP contribution >= 0.6 is 0 Å². The highest BCUT2D eigenvalue weighted by atomic mass is 16.5. The lowest BCUT2D eigenvalue weighted by Gasteiger charge is -2.08. The first-order valence-corrected chi connectivity index (χ1v) is 4.83. The Labute approximate surface area is 84.5 Å². The van der Waals surface area contributed by atoms with Gasteiger partial charge in [0.1, 0.15) is 0 Å². The van der Waals surface area contributed by atoms with E-state index in [1.807, 2.05) is 0 Å². The normalized spacial score (nSPS) is 11.1. The molecule has 0 aliphatic carbocycles. The average Bonchev–Trinajstić information content (AvgIpc) is 2.50. The smallest absolute Gasteiger partial charge is 0.223 e. The summed E-state index contributed by atoms with van der Waals surface area (Å²) in [5.74, 6) is 1.35. The Hall–Kier alpha value is -0.940. The summed E-state index contributed by atoms with van der Waals surface area (Å²) in [4.78, 5) is 6.26. The van der Waals surface area contributed by atoms with E-state index in [0.717, 1.165) is 25.3 Å². The SMILES string of the molecule is Cc1nc(CNCCCN(C)C)no1. The van der Waals surface area contributed by atoms with Crippen molar-refractivity contribution in [1.29, 1.82) is 0 Å². The van der Waals surface area contributed by atoms with E-state index < -0.39 is 0 Å². The minimum atomic E-state index is 0.620.